The zero-order valence-electron chi connectivity index (χ0n) is 12.3. The number of nitrogens with one attached hydrogen (secondary N) is 1. The first-order valence-corrected chi connectivity index (χ1v) is 8.85. The van der Waals surface area contributed by atoms with Crippen molar-refractivity contribution in [3.63, 3.8) is 0 Å². The fraction of sp³-hybridized carbons (Fsp3) is 0.600. The molecule has 0 saturated heterocycles. The Morgan fingerprint density at radius 2 is 1.86 bits per heavy atom. The van der Waals surface area contributed by atoms with Gasteiger partial charge in [0.25, 0.3) is 10.0 Å². The molecule has 1 fully saturated rings. The van der Waals surface area contributed by atoms with Gasteiger partial charge in [-0.2, -0.15) is 0 Å². The Hall–Kier alpha value is -1.11. The summed E-state index contributed by atoms with van der Waals surface area (Å²) >= 11 is 0. The zero-order chi connectivity index (χ0) is 15.1. The lowest BCUT2D eigenvalue weighted by Gasteiger charge is -2.29. The summed E-state index contributed by atoms with van der Waals surface area (Å²) in [4.78, 5) is 0. The van der Waals surface area contributed by atoms with Gasteiger partial charge >= 0.3 is 0 Å². The van der Waals surface area contributed by atoms with E-state index in [9.17, 15) is 8.42 Å². The lowest BCUT2D eigenvalue weighted by atomic mass is 9.90. The molecule has 1 aliphatic carbocycles. The predicted molar refractivity (Wildman–Crippen MR) is 82.3 cm³/mol. The van der Waals surface area contributed by atoms with E-state index in [0.717, 1.165) is 25.7 Å². The number of rotatable bonds is 7. The highest BCUT2D eigenvalue weighted by Crippen LogP contribution is 2.31. The van der Waals surface area contributed by atoms with Crippen molar-refractivity contribution in [3.8, 4) is 0 Å². The van der Waals surface area contributed by atoms with Crippen LogP contribution in [0, 0.1) is 5.92 Å². The van der Waals surface area contributed by atoms with Crippen LogP contribution in [0.2, 0.25) is 0 Å². The first-order chi connectivity index (χ1) is 10.1. The van der Waals surface area contributed by atoms with Crippen molar-refractivity contribution in [2.24, 2.45) is 5.92 Å². The van der Waals surface area contributed by atoms with E-state index >= 15 is 0 Å². The molecule has 1 saturated carbocycles. The Morgan fingerprint density at radius 1 is 1.19 bits per heavy atom. The SMILES string of the molecule is COCOC(C1CCCCC1)S(=O)(=O)Nc1ccccc1. The normalized spacial score (nSPS) is 18.3. The third kappa shape index (κ3) is 4.69. The van der Waals surface area contributed by atoms with Crippen LogP contribution in [0.15, 0.2) is 30.3 Å². The molecule has 0 radical (unpaired) electrons. The average Bonchev–Trinajstić information content (AvgIpc) is 2.49. The van der Waals surface area contributed by atoms with E-state index in [2.05, 4.69) is 4.72 Å². The summed E-state index contributed by atoms with van der Waals surface area (Å²) in [5, 5.41) is 0. The van der Waals surface area contributed by atoms with Crippen molar-refractivity contribution in [2.45, 2.75) is 37.5 Å². The van der Waals surface area contributed by atoms with E-state index in [0.29, 0.717) is 5.69 Å². The number of benzene rings is 1. The summed E-state index contributed by atoms with van der Waals surface area (Å²) in [7, 11) is -2.10. The molecule has 0 bridgehead atoms. The molecule has 6 heteroatoms. The minimum atomic E-state index is -3.60. The van der Waals surface area contributed by atoms with Crippen LogP contribution in [0.4, 0.5) is 5.69 Å². The van der Waals surface area contributed by atoms with Crippen LogP contribution >= 0.6 is 0 Å². The summed E-state index contributed by atoms with van der Waals surface area (Å²) in [5.74, 6) is 0.0233. The predicted octanol–water partition coefficient (Wildman–Crippen LogP) is 2.96. The molecule has 1 aromatic rings. The topological polar surface area (TPSA) is 64.6 Å². The largest absolute Gasteiger partial charge is 0.359 e. The highest BCUT2D eigenvalue weighted by Gasteiger charge is 2.35. The van der Waals surface area contributed by atoms with Gasteiger partial charge in [0, 0.05) is 18.7 Å². The molecular formula is C15H23NO4S. The van der Waals surface area contributed by atoms with Gasteiger partial charge in [0.15, 0.2) is 5.44 Å². The number of para-hydroxylation sites is 1. The number of ether oxygens (including phenoxy) is 2. The van der Waals surface area contributed by atoms with Gasteiger partial charge in [-0.05, 0) is 25.0 Å². The van der Waals surface area contributed by atoms with Crippen molar-refractivity contribution in [1.29, 1.82) is 0 Å². The fourth-order valence-corrected chi connectivity index (χ4v) is 4.34. The summed E-state index contributed by atoms with van der Waals surface area (Å²) in [5.41, 5.74) is -0.308. The lowest BCUT2D eigenvalue weighted by molar-refractivity contribution is -0.0645. The highest BCUT2D eigenvalue weighted by atomic mass is 32.2. The Kier molecular flexibility index (Phi) is 6.02. The second kappa shape index (κ2) is 7.77. The van der Waals surface area contributed by atoms with E-state index in [1.165, 1.54) is 13.5 Å². The standard InChI is InChI=1S/C15H23NO4S/c1-19-12-20-15(13-8-4-2-5-9-13)21(17,18)16-14-10-6-3-7-11-14/h3,6-7,10-11,13,15-16H,2,4-5,8-9,12H2,1H3. The van der Waals surface area contributed by atoms with Gasteiger partial charge in [-0.15, -0.1) is 0 Å². The second-order valence-electron chi connectivity index (χ2n) is 5.35. The van der Waals surface area contributed by atoms with E-state index < -0.39 is 15.5 Å². The van der Waals surface area contributed by atoms with Gasteiger partial charge in [0.1, 0.15) is 6.79 Å². The molecule has 1 atom stereocenters. The van der Waals surface area contributed by atoms with Crippen molar-refractivity contribution in [1.82, 2.24) is 0 Å². The van der Waals surface area contributed by atoms with Crippen LogP contribution in [0.3, 0.4) is 0 Å². The van der Waals surface area contributed by atoms with Gasteiger partial charge < -0.3 is 9.47 Å². The highest BCUT2D eigenvalue weighted by molar-refractivity contribution is 7.93. The maximum atomic E-state index is 12.6. The second-order valence-corrected chi connectivity index (χ2v) is 7.11. The van der Waals surface area contributed by atoms with Crippen LogP contribution in [0.1, 0.15) is 32.1 Å². The summed E-state index contributed by atoms with van der Waals surface area (Å²) < 4.78 is 38.2. The molecule has 1 aliphatic rings. The van der Waals surface area contributed by atoms with Crippen molar-refractivity contribution in [3.05, 3.63) is 30.3 Å². The molecule has 1 N–H and O–H groups in total. The maximum absolute atomic E-state index is 12.6. The zero-order valence-corrected chi connectivity index (χ0v) is 13.1. The van der Waals surface area contributed by atoms with Crippen LogP contribution in [0.25, 0.3) is 0 Å². The van der Waals surface area contributed by atoms with Crippen LogP contribution in [-0.2, 0) is 19.5 Å². The van der Waals surface area contributed by atoms with Gasteiger partial charge in [-0.25, -0.2) is 8.42 Å². The Morgan fingerprint density at radius 3 is 2.48 bits per heavy atom. The first-order valence-electron chi connectivity index (χ1n) is 7.30. The molecule has 0 amide bonds. The first kappa shape index (κ1) is 16.3. The summed E-state index contributed by atoms with van der Waals surface area (Å²) in [6.45, 7) is -0.0170. The molecule has 118 valence electrons. The fourth-order valence-electron chi connectivity index (χ4n) is 2.75. The molecule has 1 aromatic carbocycles. The molecule has 21 heavy (non-hydrogen) atoms. The number of sulfonamides is 1. The number of methoxy groups -OCH3 is 1. The third-order valence-corrected chi connectivity index (χ3v) is 5.38. The van der Waals surface area contributed by atoms with E-state index in [4.69, 9.17) is 9.47 Å². The smallest absolute Gasteiger partial charge is 0.260 e. The molecule has 0 spiro atoms. The average molecular weight is 313 g/mol. The molecule has 5 nitrogen and oxygen atoms in total. The molecule has 0 aliphatic heterocycles. The quantitative estimate of drug-likeness (QED) is 0.786. The van der Waals surface area contributed by atoms with Gasteiger partial charge in [0.2, 0.25) is 0 Å². The van der Waals surface area contributed by atoms with Crippen molar-refractivity contribution in [2.75, 3.05) is 18.6 Å². The molecule has 0 aromatic heterocycles. The molecular weight excluding hydrogens is 290 g/mol. The monoisotopic (exact) mass is 313 g/mol. The Balaban J connectivity index is 2.13. The molecule has 0 heterocycles. The van der Waals surface area contributed by atoms with Gasteiger partial charge in [0.05, 0.1) is 0 Å². The minimum absolute atomic E-state index is 0.0170. The molecule has 1 unspecified atom stereocenters. The van der Waals surface area contributed by atoms with Crippen LogP contribution in [-0.4, -0.2) is 27.8 Å². The van der Waals surface area contributed by atoms with Gasteiger partial charge in [-0.1, -0.05) is 37.5 Å². The number of anilines is 1. The van der Waals surface area contributed by atoms with Crippen molar-refractivity contribution < 1.29 is 17.9 Å². The molecule has 2 rings (SSSR count). The third-order valence-electron chi connectivity index (χ3n) is 3.72. The van der Waals surface area contributed by atoms with Crippen LogP contribution < -0.4 is 4.72 Å². The van der Waals surface area contributed by atoms with E-state index in [1.54, 1.807) is 24.3 Å². The number of hydrogen-bond donors (Lipinski definition) is 1. The number of hydrogen-bond acceptors (Lipinski definition) is 4. The lowest BCUT2D eigenvalue weighted by Crippen LogP contribution is -2.38. The van der Waals surface area contributed by atoms with Crippen molar-refractivity contribution >= 4 is 15.7 Å². The minimum Gasteiger partial charge on any atom is -0.359 e. The summed E-state index contributed by atoms with van der Waals surface area (Å²) in [6.07, 6.45) is 5.03. The van der Waals surface area contributed by atoms with Gasteiger partial charge in [-0.3, -0.25) is 4.72 Å². The van der Waals surface area contributed by atoms with Crippen LogP contribution in [0.5, 0.6) is 0 Å². The summed E-state index contributed by atoms with van der Waals surface area (Å²) in [6, 6.07) is 8.89. The van der Waals surface area contributed by atoms with E-state index in [1.807, 2.05) is 6.07 Å². The van der Waals surface area contributed by atoms with E-state index in [-0.39, 0.29) is 12.7 Å². The Bertz CT molecular complexity index is 512. The maximum Gasteiger partial charge on any atom is 0.260 e. The Labute approximate surface area is 126 Å².